The molecule has 1 amide bonds. The van der Waals surface area contributed by atoms with Gasteiger partial charge in [0.15, 0.2) is 0 Å². The molecule has 1 aromatic heterocycles. The fraction of sp³-hybridized carbons (Fsp3) is 0.615. The lowest BCUT2D eigenvalue weighted by molar-refractivity contribution is -0.130. The molecule has 5 heteroatoms. The van der Waals surface area contributed by atoms with E-state index in [1.54, 1.807) is 11.3 Å². The zero-order valence-electron chi connectivity index (χ0n) is 10.2. The van der Waals surface area contributed by atoms with Gasteiger partial charge < -0.3 is 10.0 Å². The molecule has 2 atom stereocenters. The minimum absolute atomic E-state index is 0.0317. The number of hydrogen-bond acceptors (Lipinski definition) is 4. The summed E-state index contributed by atoms with van der Waals surface area (Å²) in [6.45, 7) is 0.896. The van der Waals surface area contributed by atoms with E-state index in [0.29, 0.717) is 6.04 Å². The maximum Gasteiger partial charge on any atom is 0.240 e. The number of thiophene rings is 1. The van der Waals surface area contributed by atoms with Crippen LogP contribution in [0.15, 0.2) is 16.8 Å². The Kier molecular flexibility index (Phi) is 3.37. The van der Waals surface area contributed by atoms with Crippen molar-refractivity contribution in [3.05, 3.63) is 22.4 Å². The van der Waals surface area contributed by atoms with E-state index in [9.17, 15) is 9.90 Å². The number of carbonyl (C=O) groups is 1. The van der Waals surface area contributed by atoms with Crippen LogP contribution in [0.25, 0.3) is 0 Å². The van der Waals surface area contributed by atoms with Crippen molar-refractivity contribution in [3.63, 3.8) is 0 Å². The van der Waals surface area contributed by atoms with Crippen LogP contribution in [0, 0.1) is 0 Å². The van der Waals surface area contributed by atoms with Crippen LogP contribution in [0.1, 0.15) is 30.9 Å². The summed E-state index contributed by atoms with van der Waals surface area (Å²) in [5.74, 6) is 0.214. The minimum Gasteiger partial charge on any atom is -0.394 e. The van der Waals surface area contributed by atoms with Crippen LogP contribution < -0.4 is 5.32 Å². The monoisotopic (exact) mass is 266 g/mol. The van der Waals surface area contributed by atoms with E-state index in [-0.39, 0.29) is 24.6 Å². The average molecular weight is 266 g/mol. The van der Waals surface area contributed by atoms with Gasteiger partial charge in [0.1, 0.15) is 0 Å². The molecular formula is C13H18N2O2S. The van der Waals surface area contributed by atoms with E-state index in [0.717, 1.165) is 31.4 Å². The van der Waals surface area contributed by atoms with Gasteiger partial charge in [-0.2, -0.15) is 11.3 Å². The molecule has 4 nitrogen and oxygen atoms in total. The number of likely N-dealkylation sites (tertiary alicyclic amines) is 1. The number of aliphatic hydroxyl groups is 1. The van der Waals surface area contributed by atoms with Crippen molar-refractivity contribution in [2.24, 2.45) is 0 Å². The van der Waals surface area contributed by atoms with E-state index in [4.69, 9.17) is 0 Å². The maximum absolute atomic E-state index is 12.2. The number of nitrogens with one attached hydrogen (secondary N) is 1. The lowest BCUT2D eigenvalue weighted by Crippen LogP contribution is -2.41. The van der Waals surface area contributed by atoms with Crippen molar-refractivity contribution < 1.29 is 9.90 Å². The third kappa shape index (κ3) is 2.30. The highest BCUT2D eigenvalue weighted by Crippen LogP contribution is 2.31. The predicted octanol–water partition coefficient (Wildman–Crippen LogP) is 1.13. The van der Waals surface area contributed by atoms with E-state index in [1.165, 1.54) is 0 Å². The molecule has 0 spiro atoms. The Morgan fingerprint density at radius 3 is 2.94 bits per heavy atom. The van der Waals surface area contributed by atoms with Gasteiger partial charge in [0, 0.05) is 12.6 Å². The van der Waals surface area contributed by atoms with Gasteiger partial charge in [-0.3, -0.25) is 10.1 Å². The normalized spacial score (nSPS) is 25.7. The second-order valence-corrected chi connectivity index (χ2v) is 5.84. The summed E-state index contributed by atoms with van der Waals surface area (Å²) in [7, 11) is 0. The van der Waals surface area contributed by atoms with Crippen molar-refractivity contribution in [2.45, 2.75) is 37.4 Å². The Labute approximate surface area is 111 Å². The first-order valence-electron chi connectivity index (χ1n) is 6.49. The third-order valence-corrected chi connectivity index (χ3v) is 4.46. The van der Waals surface area contributed by atoms with E-state index >= 15 is 0 Å². The zero-order chi connectivity index (χ0) is 12.5. The quantitative estimate of drug-likeness (QED) is 0.840. The lowest BCUT2D eigenvalue weighted by Gasteiger charge is -2.20. The number of aliphatic hydroxyl groups excluding tert-OH is 1. The fourth-order valence-electron chi connectivity index (χ4n) is 2.58. The first-order valence-corrected chi connectivity index (χ1v) is 7.43. The van der Waals surface area contributed by atoms with Gasteiger partial charge in [0.2, 0.25) is 5.91 Å². The molecule has 2 N–H and O–H groups in total. The molecule has 1 saturated heterocycles. The van der Waals surface area contributed by atoms with Gasteiger partial charge in [0.05, 0.1) is 18.7 Å². The molecule has 2 heterocycles. The summed E-state index contributed by atoms with van der Waals surface area (Å²) in [6.07, 6.45) is 3.18. The van der Waals surface area contributed by atoms with Crippen LogP contribution >= 0.6 is 11.3 Å². The summed E-state index contributed by atoms with van der Waals surface area (Å²) >= 11 is 1.61. The number of amides is 1. The van der Waals surface area contributed by atoms with Crippen LogP contribution in [0.3, 0.4) is 0 Å². The molecule has 2 unspecified atom stereocenters. The van der Waals surface area contributed by atoms with Crippen LogP contribution in [-0.4, -0.2) is 41.1 Å². The molecule has 18 heavy (non-hydrogen) atoms. The summed E-state index contributed by atoms with van der Waals surface area (Å²) in [5.41, 5.74) is 1.07. The first kappa shape index (κ1) is 12.1. The fourth-order valence-corrected chi connectivity index (χ4v) is 3.29. The van der Waals surface area contributed by atoms with Crippen molar-refractivity contribution in [1.82, 2.24) is 10.2 Å². The molecule has 0 bridgehead atoms. The zero-order valence-corrected chi connectivity index (χ0v) is 11.0. The van der Waals surface area contributed by atoms with Crippen molar-refractivity contribution in [2.75, 3.05) is 13.2 Å². The second kappa shape index (κ2) is 4.99. The number of nitrogens with zero attached hydrogens (tertiary/aromatic N) is 1. The number of carbonyl (C=O) groups excluding carboxylic acids is 1. The molecule has 3 rings (SSSR count). The summed E-state index contributed by atoms with van der Waals surface area (Å²) in [4.78, 5) is 14.2. The average Bonchev–Trinajstić information content (AvgIpc) is 2.95. The van der Waals surface area contributed by atoms with Crippen LogP contribution in [0.4, 0.5) is 0 Å². The number of hydrogen-bond donors (Lipinski definition) is 2. The maximum atomic E-state index is 12.2. The summed E-state index contributed by atoms with van der Waals surface area (Å²) in [5, 5.41) is 16.8. The van der Waals surface area contributed by atoms with Gasteiger partial charge in [-0.25, -0.2) is 0 Å². The van der Waals surface area contributed by atoms with Gasteiger partial charge in [-0.15, -0.1) is 0 Å². The Bertz CT molecular complexity index is 417. The topological polar surface area (TPSA) is 52.6 Å². The molecule has 1 aliphatic heterocycles. The summed E-state index contributed by atoms with van der Waals surface area (Å²) < 4.78 is 0. The Hall–Kier alpha value is -0.910. The van der Waals surface area contributed by atoms with E-state index < -0.39 is 0 Å². The highest BCUT2D eigenvalue weighted by atomic mass is 32.1. The SMILES string of the molecule is O=C1C(NC(CO)c2ccsc2)CCN1C1CC1. The lowest BCUT2D eigenvalue weighted by atomic mass is 10.1. The molecule has 0 radical (unpaired) electrons. The molecule has 0 aromatic carbocycles. The smallest absolute Gasteiger partial charge is 0.240 e. The Morgan fingerprint density at radius 1 is 1.50 bits per heavy atom. The number of rotatable bonds is 5. The Balaban J connectivity index is 1.63. The van der Waals surface area contributed by atoms with Crippen molar-refractivity contribution in [3.8, 4) is 0 Å². The molecule has 1 saturated carbocycles. The minimum atomic E-state index is -0.123. The molecular weight excluding hydrogens is 248 g/mol. The summed E-state index contributed by atoms with van der Waals surface area (Å²) in [6, 6.07) is 2.25. The van der Waals surface area contributed by atoms with Crippen LogP contribution in [-0.2, 0) is 4.79 Å². The molecule has 2 aliphatic rings. The molecule has 98 valence electrons. The second-order valence-electron chi connectivity index (χ2n) is 5.06. The first-order chi connectivity index (χ1) is 8.79. The van der Waals surface area contributed by atoms with E-state index in [2.05, 4.69) is 5.32 Å². The van der Waals surface area contributed by atoms with Crippen molar-refractivity contribution >= 4 is 17.2 Å². The van der Waals surface area contributed by atoms with Gasteiger partial charge in [-0.05, 0) is 41.7 Å². The third-order valence-electron chi connectivity index (χ3n) is 3.76. The van der Waals surface area contributed by atoms with Crippen molar-refractivity contribution in [1.29, 1.82) is 0 Å². The van der Waals surface area contributed by atoms with Crippen LogP contribution in [0.2, 0.25) is 0 Å². The van der Waals surface area contributed by atoms with Crippen LogP contribution in [0.5, 0.6) is 0 Å². The van der Waals surface area contributed by atoms with E-state index in [1.807, 2.05) is 21.7 Å². The highest BCUT2D eigenvalue weighted by molar-refractivity contribution is 7.07. The molecule has 2 fully saturated rings. The Morgan fingerprint density at radius 2 is 2.33 bits per heavy atom. The molecule has 1 aromatic rings. The van der Waals surface area contributed by atoms with Gasteiger partial charge in [-0.1, -0.05) is 0 Å². The predicted molar refractivity (Wildman–Crippen MR) is 70.4 cm³/mol. The van der Waals surface area contributed by atoms with Gasteiger partial charge in [0.25, 0.3) is 0 Å². The largest absolute Gasteiger partial charge is 0.394 e. The molecule has 1 aliphatic carbocycles. The highest BCUT2D eigenvalue weighted by Gasteiger charge is 2.40. The van der Waals surface area contributed by atoms with Gasteiger partial charge >= 0.3 is 0 Å². The standard InChI is InChI=1S/C13H18N2O2S/c16-7-12(9-4-6-18-8-9)14-11-3-5-15(13(11)17)10-1-2-10/h4,6,8,10-12,14,16H,1-3,5,7H2.